The maximum Gasteiger partial charge on any atom is 0.0407 e. The van der Waals surface area contributed by atoms with Crippen molar-refractivity contribution in [2.75, 3.05) is 0 Å². The molecule has 0 aromatic heterocycles. The van der Waals surface area contributed by atoms with E-state index in [1.165, 1.54) is 6.42 Å². The highest BCUT2D eigenvalue weighted by Crippen LogP contribution is 2.24. The predicted octanol–water partition coefficient (Wildman–Crippen LogP) is 2.69. The van der Waals surface area contributed by atoms with Crippen LogP contribution in [0.4, 0.5) is 0 Å². The van der Waals surface area contributed by atoms with Gasteiger partial charge in [-0.05, 0) is 30.7 Å². The Bertz CT molecular complexity index is 149. The zero-order valence-electron chi connectivity index (χ0n) is 6.20. The third kappa shape index (κ3) is 1.92. The Morgan fingerprint density at radius 2 is 2.50 bits per heavy atom. The summed E-state index contributed by atoms with van der Waals surface area (Å²) >= 11 is 0. The summed E-state index contributed by atoms with van der Waals surface area (Å²) in [4.78, 5) is 2.79. The Labute approximate surface area is 61.1 Å². The van der Waals surface area contributed by atoms with Crippen molar-refractivity contribution in [3.63, 3.8) is 0 Å². The van der Waals surface area contributed by atoms with Gasteiger partial charge in [0.15, 0.2) is 0 Å². The highest BCUT2D eigenvalue weighted by Gasteiger charge is 2.16. The Hall–Kier alpha value is -0.690. The van der Waals surface area contributed by atoms with Crippen molar-refractivity contribution in [2.24, 2.45) is 11.0 Å². The first-order valence-electron chi connectivity index (χ1n) is 3.70. The molecule has 1 rings (SSSR count). The molecule has 0 amide bonds. The molecule has 3 nitrogen and oxygen atoms in total. The molecule has 0 N–H and O–H groups in total. The standard InChI is InChI=1S/C7H12N3/c1-6-3-2-4-7(5-6)9-10-8/h4,6-7H,2-3,5H2,1H3. The van der Waals surface area contributed by atoms with Crippen molar-refractivity contribution < 1.29 is 0 Å². The first kappa shape index (κ1) is 7.42. The molecule has 2 atom stereocenters. The predicted molar refractivity (Wildman–Crippen MR) is 40.2 cm³/mol. The molecular formula is C7H12N3. The molecule has 0 saturated heterocycles. The second-order valence-corrected chi connectivity index (χ2v) is 2.93. The van der Waals surface area contributed by atoms with Crippen LogP contribution < -0.4 is 0 Å². The topological polar surface area (TPSA) is 48.8 Å². The highest BCUT2D eigenvalue weighted by atomic mass is 15.1. The van der Waals surface area contributed by atoms with E-state index in [2.05, 4.69) is 23.4 Å². The van der Waals surface area contributed by atoms with Crippen LogP contribution in [0, 0.1) is 12.3 Å². The molecule has 1 radical (unpaired) electrons. The van der Waals surface area contributed by atoms with Crippen LogP contribution in [-0.4, -0.2) is 6.04 Å². The molecule has 0 bridgehead atoms. The second kappa shape index (κ2) is 3.47. The van der Waals surface area contributed by atoms with Gasteiger partial charge in [-0.3, -0.25) is 0 Å². The molecule has 1 aliphatic rings. The molecule has 1 fully saturated rings. The summed E-state index contributed by atoms with van der Waals surface area (Å²) in [6.45, 7) is 2.20. The van der Waals surface area contributed by atoms with Crippen molar-refractivity contribution >= 4 is 0 Å². The van der Waals surface area contributed by atoms with Crippen LogP contribution in [0.5, 0.6) is 0 Å². The van der Waals surface area contributed by atoms with Gasteiger partial charge < -0.3 is 0 Å². The van der Waals surface area contributed by atoms with Gasteiger partial charge in [0.25, 0.3) is 0 Å². The fourth-order valence-corrected chi connectivity index (χ4v) is 1.36. The Kier molecular flexibility index (Phi) is 2.57. The van der Waals surface area contributed by atoms with Crippen LogP contribution in [-0.2, 0) is 0 Å². The molecular weight excluding hydrogens is 126 g/mol. The summed E-state index contributed by atoms with van der Waals surface area (Å²) in [7, 11) is 0. The lowest BCUT2D eigenvalue weighted by atomic mass is 9.88. The zero-order valence-corrected chi connectivity index (χ0v) is 6.20. The molecule has 55 valence electrons. The number of azide groups is 1. The van der Waals surface area contributed by atoms with E-state index < -0.39 is 0 Å². The van der Waals surface area contributed by atoms with E-state index in [0.717, 1.165) is 18.8 Å². The van der Waals surface area contributed by atoms with Crippen LogP contribution >= 0.6 is 0 Å². The van der Waals surface area contributed by atoms with Crippen molar-refractivity contribution in [3.05, 3.63) is 16.9 Å². The molecule has 1 aliphatic carbocycles. The number of rotatable bonds is 1. The van der Waals surface area contributed by atoms with E-state index in [9.17, 15) is 0 Å². The van der Waals surface area contributed by atoms with Crippen molar-refractivity contribution in [1.82, 2.24) is 0 Å². The molecule has 0 spiro atoms. The van der Waals surface area contributed by atoms with Gasteiger partial charge >= 0.3 is 0 Å². The Morgan fingerprint density at radius 3 is 3.10 bits per heavy atom. The zero-order chi connectivity index (χ0) is 7.40. The molecule has 3 heteroatoms. The quantitative estimate of drug-likeness (QED) is 0.304. The van der Waals surface area contributed by atoms with Crippen molar-refractivity contribution in [2.45, 2.75) is 32.2 Å². The normalized spacial score (nSPS) is 32.9. The van der Waals surface area contributed by atoms with Crippen molar-refractivity contribution in [1.29, 1.82) is 0 Å². The Morgan fingerprint density at radius 1 is 1.70 bits per heavy atom. The van der Waals surface area contributed by atoms with Crippen LogP contribution in [0.3, 0.4) is 0 Å². The van der Waals surface area contributed by atoms with Gasteiger partial charge in [0, 0.05) is 11.0 Å². The fraction of sp³-hybridized carbons (Fsp3) is 0.857. The van der Waals surface area contributed by atoms with Crippen LogP contribution in [0.2, 0.25) is 0 Å². The second-order valence-electron chi connectivity index (χ2n) is 2.93. The molecule has 2 unspecified atom stereocenters. The largest absolute Gasteiger partial charge is 0.0903 e. The third-order valence-electron chi connectivity index (χ3n) is 1.94. The lowest BCUT2D eigenvalue weighted by Crippen LogP contribution is -2.15. The summed E-state index contributed by atoms with van der Waals surface area (Å²) < 4.78 is 0. The lowest BCUT2D eigenvalue weighted by Gasteiger charge is -2.22. The van der Waals surface area contributed by atoms with E-state index in [-0.39, 0.29) is 6.04 Å². The monoisotopic (exact) mass is 138 g/mol. The van der Waals surface area contributed by atoms with Crippen LogP contribution in [0.15, 0.2) is 5.11 Å². The summed E-state index contributed by atoms with van der Waals surface area (Å²) in [5.41, 5.74) is 8.14. The van der Waals surface area contributed by atoms with Crippen LogP contribution in [0.1, 0.15) is 26.2 Å². The van der Waals surface area contributed by atoms with Crippen molar-refractivity contribution in [3.8, 4) is 0 Å². The average molecular weight is 138 g/mol. The molecule has 0 heterocycles. The average Bonchev–Trinajstić information content (AvgIpc) is 1.88. The summed E-state index contributed by atoms with van der Waals surface area (Å²) in [5.74, 6) is 0.723. The molecule has 0 aliphatic heterocycles. The number of hydrogen-bond donors (Lipinski definition) is 0. The van der Waals surface area contributed by atoms with Gasteiger partial charge in [0.2, 0.25) is 0 Å². The third-order valence-corrected chi connectivity index (χ3v) is 1.94. The number of nitrogens with zero attached hydrogens (tertiary/aromatic N) is 3. The van der Waals surface area contributed by atoms with E-state index >= 15 is 0 Å². The highest BCUT2D eigenvalue weighted by molar-refractivity contribution is 4.89. The van der Waals surface area contributed by atoms with Crippen LogP contribution in [0.25, 0.3) is 10.4 Å². The van der Waals surface area contributed by atoms with E-state index in [0.29, 0.717) is 0 Å². The lowest BCUT2D eigenvalue weighted by molar-refractivity contribution is 0.402. The minimum atomic E-state index is 0.161. The van der Waals surface area contributed by atoms with Gasteiger partial charge in [0.05, 0.1) is 0 Å². The minimum Gasteiger partial charge on any atom is -0.0903 e. The first-order valence-corrected chi connectivity index (χ1v) is 3.70. The van der Waals surface area contributed by atoms with Gasteiger partial charge in [-0.15, -0.1) is 0 Å². The SMILES string of the molecule is CC1CC[CH]C(N=[N+]=[N-])C1. The van der Waals surface area contributed by atoms with E-state index in [1.54, 1.807) is 0 Å². The summed E-state index contributed by atoms with van der Waals surface area (Å²) in [6, 6.07) is 0.161. The maximum absolute atomic E-state index is 8.14. The smallest absolute Gasteiger partial charge is 0.0407 e. The number of hydrogen-bond acceptors (Lipinski definition) is 1. The van der Waals surface area contributed by atoms with Gasteiger partial charge in [-0.1, -0.05) is 18.5 Å². The maximum atomic E-state index is 8.14. The van der Waals surface area contributed by atoms with Gasteiger partial charge in [-0.25, -0.2) is 0 Å². The molecule has 0 aromatic rings. The molecule has 1 saturated carbocycles. The first-order chi connectivity index (χ1) is 4.83. The molecule has 10 heavy (non-hydrogen) atoms. The molecule has 0 aromatic carbocycles. The van der Waals surface area contributed by atoms with Gasteiger partial charge in [-0.2, -0.15) is 0 Å². The van der Waals surface area contributed by atoms with E-state index in [4.69, 9.17) is 5.53 Å². The fourth-order valence-electron chi connectivity index (χ4n) is 1.36. The Balaban J connectivity index is 2.39. The minimum absolute atomic E-state index is 0.161. The van der Waals surface area contributed by atoms with Gasteiger partial charge in [0.1, 0.15) is 0 Å². The van der Waals surface area contributed by atoms with E-state index in [1.807, 2.05) is 0 Å². The summed E-state index contributed by atoms with van der Waals surface area (Å²) in [6.07, 6.45) is 5.49. The summed E-state index contributed by atoms with van der Waals surface area (Å²) in [5, 5.41) is 3.66.